The normalized spacial score (nSPS) is 10.5. The van der Waals surface area contributed by atoms with E-state index in [0.717, 1.165) is 29.5 Å². The van der Waals surface area contributed by atoms with E-state index in [1.165, 1.54) is 30.0 Å². The lowest BCUT2D eigenvalue weighted by Crippen LogP contribution is -2.17. The van der Waals surface area contributed by atoms with Gasteiger partial charge in [-0.2, -0.15) is 0 Å². The summed E-state index contributed by atoms with van der Waals surface area (Å²) in [6.45, 7) is 1.76. The Morgan fingerprint density at radius 2 is 2.04 bits per heavy atom. The van der Waals surface area contributed by atoms with E-state index in [-0.39, 0.29) is 11.6 Å². The molecule has 1 aromatic heterocycles. The summed E-state index contributed by atoms with van der Waals surface area (Å²) in [6, 6.07) is 7.66. The summed E-state index contributed by atoms with van der Waals surface area (Å²) in [5, 5.41) is 10.7. The van der Waals surface area contributed by atoms with Crippen molar-refractivity contribution in [3.8, 4) is 17.7 Å². The zero-order valence-corrected chi connectivity index (χ0v) is 16.4. The number of nitrogens with zero attached hydrogens (tertiary/aromatic N) is 1. The zero-order valence-electron chi connectivity index (χ0n) is 14.8. The average molecular weight is 421 g/mol. The Labute approximate surface area is 162 Å². The lowest BCUT2D eigenvalue weighted by Gasteiger charge is -2.03. The number of nitrogens with one attached hydrogen (secondary N) is 1. The molecule has 1 aromatic carbocycles. The number of aromatic amines is 1. The van der Waals surface area contributed by atoms with Crippen LogP contribution in [-0.2, 0) is 11.3 Å². The van der Waals surface area contributed by atoms with Crippen LogP contribution in [0.1, 0.15) is 43.2 Å². The van der Waals surface area contributed by atoms with Gasteiger partial charge in [0, 0.05) is 23.9 Å². The maximum atomic E-state index is 11.6. The van der Waals surface area contributed by atoms with Crippen LogP contribution in [0.25, 0.3) is 0 Å². The third-order valence-corrected chi connectivity index (χ3v) is 4.45. The minimum absolute atomic E-state index is 0.0733. The van der Waals surface area contributed by atoms with Crippen molar-refractivity contribution in [2.24, 2.45) is 0 Å². The van der Waals surface area contributed by atoms with Gasteiger partial charge in [-0.1, -0.05) is 52.7 Å². The predicted octanol–water partition coefficient (Wildman–Crippen LogP) is 3.64. The van der Waals surface area contributed by atoms with Crippen molar-refractivity contribution in [2.45, 2.75) is 38.6 Å². The zero-order chi connectivity index (χ0) is 18.6. The number of aromatic nitrogens is 2. The summed E-state index contributed by atoms with van der Waals surface area (Å²) >= 11 is 3.43. The first-order chi connectivity index (χ1) is 12.7. The highest BCUT2D eigenvalue weighted by atomic mass is 79.9. The van der Waals surface area contributed by atoms with Crippen molar-refractivity contribution in [1.82, 2.24) is 9.55 Å². The van der Waals surface area contributed by atoms with Crippen LogP contribution in [0.4, 0.5) is 0 Å². The maximum Gasteiger partial charge on any atom is 0.328 e. The van der Waals surface area contributed by atoms with Gasteiger partial charge in [-0.25, -0.2) is 4.79 Å². The number of unbranched alkanes of at least 4 members (excludes halogenated alkanes) is 3. The lowest BCUT2D eigenvalue weighted by molar-refractivity contribution is 0.135. The first kappa shape index (κ1) is 20.3. The third-order valence-electron chi connectivity index (χ3n) is 3.89. The number of rotatable bonds is 10. The second-order valence-electron chi connectivity index (χ2n) is 6.01. The highest BCUT2D eigenvalue weighted by molar-refractivity contribution is 9.09. The van der Waals surface area contributed by atoms with Gasteiger partial charge in [-0.05, 0) is 30.5 Å². The van der Waals surface area contributed by atoms with E-state index in [4.69, 9.17) is 4.74 Å². The average Bonchev–Trinajstić information content (AvgIpc) is 2.96. The van der Waals surface area contributed by atoms with Crippen molar-refractivity contribution in [2.75, 3.05) is 18.5 Å². The molecule has 0 amide bonds. The van der Waals surface area contributed by atoms with E-state index in [0.29, 0.717) is 19.6 Å². The molecule has 2 N–H and O–H groups in total. The fourth-order valence-corrected chi connectivity index (χ4v) is 2.91. The fourth-order valence-electron chi connectivity index (χ4n) is 2.51. The van der Waals surface area contributed by atoms with Gasteiger partial charge in [-0.3, -0.25) is 4.57 Å². The first-order valence-electron chi connectivity index (χ1n) is 8.89. The van der Waals surface area contributed by atoms with Crippen molar-refractivity contribution in [3.63, 3.8) is 0 Å². The number of hydrogen-bond acceptors (Lipinski definition) is 3. The van der Waals surface area contributed by atoms with E-state index in [1.807, 2.05) is 24.3 Å². The summed E-state index contributed by atoms with van der Waals surface area (Å²) in [5.41, 5.74) is 1.47. The van der Waals surface area contributed by atoms with E-state index in [2.05, 4.69) is 32.8 Å². The number of H-pyrrole nitrogens is 1. The topological polar surface area (TPSA) is 67.2 Å². The Morgan fingerprint density at radius 3 is 2.81 bits per heavy atom. The van der Waals surface area contributed by atoms with Crippen molar-refractivity contribution in [3.05, 3.63) is 52.1 Å². The van der Waals surface area contributed by atoms with E-state index in [9.17, 15) is 9.90 Å². The number of alkyl halides is 1. The molecule has 0 saturated carbocycles. The number of halogens is 1. The predicted molar refractivity (Wildman–Crippen MR) is 107 cm³/mol. The third kappa shape index (κ3) is 7.11. The molecule has 0 atom stereocenters. The molecule has 0 aliphatic heterocycles. The Hall–Kier alpha value is -1.97. The molecule has 2 aromatic rings. The Morgan fingerprint density at radius 1 is 1.19 bits per heavy atom. The first-order valence-corrected chi connectivity index (χ1v) is 10.0. The highest BCUT2D eigenvalue weighted by Crippen LogP contribution is 2.10. The van der Waals surface area contributed by atoms with Crippen LogP contribution in [0.15, 0.2) is 35.3 Å². The highest BCUT2D eigenvalue weighted by Gasteiger charge is 2.05. The van der Waals surface area contributed by atoms with Crippen molar-refractivity contribution in [1.29, 1.82) is 0 Å². The van der Waals surface area contributed by atoms with Crippen LogP contribution in [0.3, 0.4) is 0 Å². The Kier molecular flexibility index (Phi) is 9.08. The van der Waals surface area contributed by atoms with Gasteiger partial charge in [0.25, 0.3) is 0 Å². The minimum Gasteiger partial charge on any atom is -0.493 e. The van der Waals surface area contributed by atoms with E-state index < -0.39 is 0 Å². The van der Waals surface area contributed by atoms with Crippen molar-refractivity contribution >= 4 is 15.9 Å². The second-order valence-corrected chi connectivity index (χ2v) is 6.80. The van der Waals surface area contributed by atoms with Gasteiger partial charge < -0.3 is 14.8 Å². The molecule has 0 spiro atoms. The lowest BCUT2D eigenvalue weighted by atomic mass is 10.1. The monoisotopic (exact) mass is 420 g/mol. The molecule has 26 heavy (non-hydrogen) atoms. The van der Waals surface area contributed by atoms with Crippen LogP contribution >= 0.6 is 15.9 Å². The molecule has 6 heteroatoms. The summed E-state index contributed by atoms with van der Waals surface area (Å²) in [4.78, 5) is 14.1. The van der Waals surface area contributed by atoms with Crippen LogP contribution in [-0.4, -0.2) is 33.2 Å². The van der Waals surface area contributed by atoms with Gasteiger partial charge in [-0.15, -0.1) is 0 Å². The molecule has 0 bridgehead atoms. The summed E-state index contributed by atoms with van der Waals surface area (Å²) in [5.74, 6) is 6.16. The molecule has 5 nitrogen and oxygen atoms in total. The molecule has 0 aliphatic rings. The fraction of sp³-hybridized carbons (Fsp3) is 0.450. The largest absolute Gasteiger partial charge is 0.493 e. The molecule has 0 unspecified atom stereocenters. The van der Waals surface area contributed by atoms with Crippen LogP contribution in [0, 0.1) is 11.8 Å². The molecule has 2 rings (SSSR count). The Bertz CT molecular complexity index is 786. The van der Waals surface area contributed by atoms with Crippen molar-refractivity contribution < 1.29 is 9.84 Å². The number of aromatic hydroxyl groups is 1. The maximum absolute atomic E-state index is 11.6. The quantitative estimate of drug-likeness (QED) is 0.350. The van der Waals surface area contributed by atoms with Gasteiger partial charge in [0.1, 0.15) is 0 Å². The van der Waals surface area contributed by atoms with Crippen LogP contribution in [0.5, 0.6) is 5.88 Å². The molecule has 0 radical (unpaired) electrons. The number of imidazole rings is 1. The molecule has 0 saturated heterocycles. The number of ether oxygens (including phenoxy) is 1. The van der Waals surface area contributed by atoms with Gasteiger partial charge in [0.05, 0.1) is 19.3 Å². The SMILES string of the molecule is O=c1[nH]cc(O)n1Cc1cccc(C#CCCOCCCCCCBr)c1. The molecule has 0 fully saturated rings. The molecular formula is C20H25BrN2O3. The summed E-state index contributed by atoms with van der Waals surface area (Å²) in [7, 11) is 0. The second kappa shape index (κ2) is 11.6. The number of hydrogen-bond donors (Lipinski definition) is 2. The van der Waals surface area contributed by atoms with Gasteiger partial charge >= 0.3 is 5.69 Å². The van der Waals surface area contributed by atoms with Gasteiger partial charge in [0.2, 0.25) is 5.88 Å². The van der Waals surface area contributed by atoms with Crippen LogP contribution < -0.4 is 5.69 Å². The molecular weight excluding hydrogens is 396 g/mol. The minimum atomic E-state index is -0.330. The molecule has 0 aliphatic carbocycles. The summed E-state index contributed by atoms with van der Waals surface area (Å²) < 4.78 is 6.86. The standard InChI is InChI=1S/C20H25BrN2O3/c21-11-4-1-2-5-12-26-13-6-3-8-17-9-7-10-18(14-17)16-23-19(24)15-22-20(23)25/h7,9-10,14-15,24H,1-2,4-6,11-13,16H2,(H,22,25). The van der Waals surface area contributed by atoms with E-state index >= 15 is 0 Å². The van der Waals surface area contributed by atoms with E-state index in [1.54, 1.807) is 0 Å². The molecule has 140 valence electrons. The van der Waals surface area contributed by atoms with Gasteiger partial charge in [0.15, 0.2) is 0 Å². The smallest absolute Gasteiger partial charge is 0.328 e. The number of benzene rings is 1. The van der Waals surface area contributed by atoms with Crippen LogP contribution in [0.2, 0.25) is 0 Å². The Balaban J connectivity index is 1.74. The molecule has 1 heterocycles. The summed E-state index contributed by atoms with van der Waals surface area (Å²) in [6.07, 6.45) is 6.77.